The van der Waals surface area contributed by atoms with E-state index in [0.29, 0.717) is 5.54 Å². The van der Waals surface area contributed by atoms with Crippen molar-refractivity contribution in [2.75, 3.05) is 0 Å². The average Bonchev–Trinajstić information content (AvgIpc) is 2.86. The molecular weight excluding hydrogens is 292 g/mol. The van der Waals surface area contributed by atoms with Crippen molar-refractivity contribution in [1.29, 1.82) is 0 Å². The van der Waals surface area contributed by atoms with Gasteiger partial charge in [0, 0.05) is 5.54 Å². The summed E-state index contributed by atoms with van der Waals surface area (Å²) in [5, 5.41) is 0. The summed E-state index contributed by atoms with van der Waals surface area (Å²) in [7, 11) is -1.78. The molecule has 2 aromatic rings. The molecule has 108 valence electrons. The lowest BCUT2D eigenvalue weighted by Gasteiger charge is -2.26. The van der Waals surface area contributed by atoms with Crippen LogP contribution in [-0.2, 0) is 0 Å². The van der Waals surface area contributed by atoms with Crippen LogP contribution in [0.1, 0.15) is 30.0 Å². The Hall–Kier alpha value is -1.31. The Morgan fingerprint density at radius 3 is 2.33 bits per heavy atom. The van der Waals surface area contributed by atoms with Crippen LogP contribution in [0.4, 0.5) is 0 Å². The zero-order valence-corrected chi connectivity index (χ0v) is 14.6. The number of benzene rings is 2. The van der Waals surface area contributed by atoms with Gasteiger partial charge in [0.2, 0.25) is 0 Å². The smallest absolute Gasteiger partial charge is 0.161 e. The third-order valence-electron chi connectivity index (χ3n) is 4.33. The summed E-state index contributed by atoms with van der Waals surface area (Å²) in [5.41, 5.74) is 7.38. The van der Waals surface area contributed by atoms with Gasteiger partial charge in [-0.2, -0.15) is 11.1 Å². The predicted molar refractivity (Wildman–Crippen MR) is 96.2 cm³/mol. The molecule has 2 aromatic carbocycles. The van der Waals surface area contributed by atoms with Crippen molar-refractivity contribution in [3.05, 3.63) is 65.2 Å². The van der Waals surface area contributed by atoms with Crippen molar-refractivity contribution >= 4 is 24.5 Å². The maximum absolute atomic E-state index is 6.84. The second-order valence-corrected chi connectivity index (χ2v) is 12.9. The number of halogens is 1. The number of hydrogen-bond acceptors (Lipinski definition) is 0. The molecule has 0 spiro atoms. The van der Waals surface area contributed by atoms with Crippen molar-refractivity contribution in [2.24, 2.45) is 0 Å². The van der Waals surface area contributed by atoms with Crippen LogP contribution in [0.25, 0.3) is 17.2 Å². The van der Waals surface area contributed by atoms with Gasteiger partial charge in [-0.15, -0.1) is 0 Å². The molecule has 0 aliphatic heterocycles. The molecule has 1 aliphatic rings. The van der Waals surface area contributed by atoms with Crippen LogP contribution < -0.4 is 0 Å². The van der Waals surface area contributed by atoms with Gasteiger partial charge < -0.3 is 0 Å². The molecule has 1 atom stereocenters. The van der Waals surface area contributed by atoms with Crippen LogP contribution in [-0.4, -0.2) is 7.38 Å². The molecule has 0 saturated heterocycles. The third-order valence-corrected chi connectivity index (χ3v) is 7.04. The molecule has 2 heteroatoms. The first-order valence-corrected chi connectivity index (χ1v) is 11.7. The van der Waals surface area contributed by atoms with E-state index in [0.717, 1.165) is 6.42 Å². The molecule has 0 bridgehead atoms. The van der Waals surface area contributed by atoms with E-state index in [1.807, 2.05) is 0 Å². The maximum Gasteiger partial charge on any atom is 0.161 e. The van der Waals surface area contributed by atoms with Gasteiger partial charge in [0.25, 0.3) is 0 Å². The Bertz CT molecular complexity index is 680. The normalized spacial score (nSPS) is 17.5. The molecule has 0 radical (unpaired) electrons. The van der Waals surface area contributed by atoms with Gasteiger partial charge in [-0.05, 0) is 28.7 Å². The summed E-state index contributed by atoms with van der Waals surface area (Å²) in [6.07, 6.45) is 3.47. The second-order valence-electron chi connectivity index (χ2n) is 6.24. The maximum atomic E-state index is 6.84. The molecule has 0 aromatic heterocycles. The molecule has 21 heavy (non-hydrogen) atoms. The molecule has 1 unspecified atom stereocenters. The summed E-state index contributed by atoms with van der Waals surface area (Å²) < 4.78 is 0. The molecule has 0 saturated carbocycles. The van der Waals surface area contributed by atoms with Gasteiger partial charge in [-0.25, -0.2) is 0 Å². The molecule has 0 N–H and O–H groups in total. The first-order chi connectivity index (χ1) is 10.0. The Kier molecular flexibility index (Phi) is 3.81. The van der Waals surface area contributed by atoms with Gasteiger partial charge in [-0.3, -0.25) is 0 Å². The van der Waals surface area contributed by atoms with Crippen molar-refractivity contribution in [3.8, 4) is 11.1 Å². The molecule has 0 heterocycles. The minimum Gasteiger partial charge on any atom is -0.167 e. The van der Waals surface area contributed by atoms with Crippen molar-refractivity contribution < 1.29 is 0 Å². The number of fused-ring (bicyclic) bond motifs is 1. The summed E-state index contributed by atoms with van der Waals surface area (Å²) in [4.78, 5) is 0. The highest BCUT2D eigenvalue weighted by Crippen LogP contribution is 2.47. The monoisotopic (exact) mass is 312 g/mol. The third kappa shape index (κ3) is 2.61. The van der Waals surface area contributed by atoms with Gasteiger partial charge in [0.15, 0.2) is 7.38 Å². The van der Waals surface area contributed by atoms with E-state index in [4.69, 9.17) is 11.1 Å². The first kappa shape index (κ1) is 14.6. The Balaban J connectivity index is 2.19. The van der Waals surface area contributed by atoms with Crippen molar-refractivity contribution in [3.63, 3.8) is 0 Å². The lowest BCUT2D eigenvalue weighted by Crippen LogP contribution is -2.28. The number of allylic oxidation sites excluding steroid dienone is 1. The Morgan fingerprint density at radius 2 is 1.71 bits per heavy atom. The summed E-state index contributed by atoms with van der Waals surface area (Å²) >= 11 is 6.84. The highest BCUT2D eigenvalue weighted by Gasteiger charge is 2.38. The molecule has 0 nitrogen and oxygen atoms in total. The number of rotatable bonds is 3. The minimum atomic E-state index is -1.78. The van der Waals surface area contributed by atoms with Crippen LogP contribution in [0.5, 0.6) is 0 Å². The fourth-order valence-electron chi connectivity index (χ4n) is 3.45. The number of hydrogen-bond donors (Lipinski definition) is 0. The lowest BCUT2D eigenvalue weighted by molar-refractivity contribution is 0.985. The van der Waals surface area contributed by atoms with E-state index in [2.05, 4.69) is 74.6 Å². The van der Waals surface area contributed by atoms with Crippen molar-refractivity contribution in [2.45, 2.75) is 32.0 Å². The zero-order chi connectivity index (χ0) is 15.0. The van der Waals surface area contributed by atoms with Gasteiger partial charge in [-0.1, -0.05) is 80.2 Å². The van der Waals surface area contributed by atoms with Crippen LogP contribution in [0.3, 0.4) is 0 Å². The summed E-state index contributed by atoms with van der Waals surface area (Å²) in [6, 6.07) is 17.3. The van der Waals surface area contributed by atoms with Crippen LogP contribution >= 0.6 is 11.1 Å². The van der Waals surface area contributed by atoms with Gasteiger partial charge in [0.05, 0.1) is 0 Å². The van der Waals surface area contributed by atoms with Gasteiger partial charge in [0.1, 0.15) is 0 Å². The first-order valence-electron chi connectivity index (χ1n) is 7.60. The van der Waals surface area contributed by atoms with E-state index in [-0.39, 0.29) is 0 Å². The minimum absolute atomic E-state index is 0.447. The molecular formula is C19H21ClSi. The largest absolute Gasteiger partial charge is 0.167 e. The van der Waals surface area contributed by atoms with Crippen LogP contribution in [0, 0.1) is 0 Å². The van der Waals surface area contributed by atoms with E-state index >= 15 is 0 Å². The molecule has 0 fully saturated rings. The molecule has 0 amide bonds. The Morgan fingerprint density at radius 1 is 1.00 bits per heavy atom. The van der Waals surface area contributed by atoms with E-state index in [1.54, 1.807) is 0 Å². The molecule has 3 rings (SSSR count). The topological polar surface area (TPSA) is 0 Å². The van der Waals surface area contributed by atoms with Crippen LogP contribution in [0.15, 0.2) is 54.1 Å². The zero-order valence-electron chi connectivity index (χ0n) is 12.9. The predicted octanol–water partition coefficient (Wildman–Crippen LogP) is 6.23. The van der Waals surface area contributed by atoms with E-state index in [1.165, 1.54) is 27.8 Å². The molecule has 1 aliphatic carbocycles. The van der Waals surface area contributed by atoms with Crippen molar-refractivity contribution in [1.82, 2.24) is 0 Å². The van der Waals surface area contributed by atoms with Crippen LogP contribution in [0.2, 0.25) is 13.1 Å². The lowest BCUT2D eigenvalue weighted by atomic mass is 9.97. The SMILES string of the molecule is CCC1=Cc2c(-c3ccccc3)cccc2C1[Si](C)(C)Cl. The summed E-state index contributed by atoms with van der Waals surface area (Å²) in [5.74, 6) is 0. The highest BCUT2D eigenvalue weighted by molar-refractivity contribution is 7.20. The van der Waals surface area contributed by atoms with E-state index in [9.17, 15) is 0 Å². The standard InChI is InChI=1S/C19H21ClSi/c1-4-14-13-18-16(15-9-6-5-7-10-15)11-8-12-17(18)19(14)21(2,3)20/h5-13,19H,4H2,1-3H3. The quantitative estimate of drug-likeness (QED) is 0.465. The fraction of sp³-hybridized carbons (Fsp3) is 0.263. The average molecular weight is 313 g/mol. The highest BCUT2D eigenvalue weighted by atomic mass is 35.6. The Labute approximate surface area is 133 Å². The fourth-order valence-corrected chi connectivity index (χ4v) is 6.38. The van der Waals surface area contributed by atoms with E-state index < -0.39 is 7.38 Å². The second kappa shape index (κ2) is 5.47. The van der Waals surface area contributed by atoms with Gasteiger partial charge >= 0.3 is 0 Å². The summed E-state index contributed by atoms with van der Waals surface area (Å²) in [6.45, 7) is 6.75.